The molecule has 0 radical (unpaired) electrons. The van der Waals surface area contributed by atoms with Gasteiger partial charge in [0.05, 0.1) is 22.3 Å². The molecule has 0 unspecified atom stereocenters. The highest BCUT2D eigenvalue weighted by Gasteiger charge is 2.40. The lowest BCUT2D eigenvalue weighted by molar-refractivity contribution is -0.277. The predicted octanol–water partition coefficient (Wildman–Crippen LogP) is 39.0. The van der Waals surface area contributed by atoms with E-state index in [4.69, 9.17) is 0 Å². The molecule has 0 aliphatic heterocycles. The molecule has 4 aliphatic carbocycles. The van der Waals surface area contributed by atoms with E-state index in [1.165, 1.54) is 138 Å². The largest absolute Gasteiger partial charge is 0.573 e. The maximum Gasteiger partial charge on any atom is 0.573 e. The number of halogens is 28. The van der Waals surface area contributed by atoms with Gasteiger partial charge in [0.2, 0.25) is 23.0 Å². The molecular weight excluding hydrogens is 1970 g/mol. The average Bonchev–Trinajstić information content (AvgIpc) is 0.788. The van der Waals surface area contributed by atoms with Crippen molar-refractivity contribution in [2.75, 3.05) is 0 Å². The van der Waals surface area contributed by atoms with Gasteiger partial charge in [0.1, 0.15) is 46.5 Å². The van der Waals surface area contributed by atoms with Crippen LogP contribution in [0.5, 0.6) is 23.0 Å². The molecule has 32 heteroatoms. The van der Waals surface area contributed by atoms with Crippen LogP contribution in [0.25, 0.3) is 89.0 Å². The van der Waals surface area contributed by atoms with Crippen molar-refractivity contribution in [1.29, 1.82) is 0 Å². The summed E-state index contributed by atoms with van der Waals surface area (Å²) in [7, 11) is 0. The average molecular weight is 2070 g/mol. The number of alkyl halides is 12. The van der Waals surface area contributed by atoms with Crippen LogP contribution in [0, 0.1) is 117 Å². The summed E-state index contributed by atoms with van der Waals surface area (Å²) in [6, 6.07) is 41.3. The first-order valence-corrected chi connectivity index (χ1v) is 48.6. The lowest BCUT2D eigenvalue weighted by Crippen LogP contribution is -2.19. The highest BCUT2D eigenvalue weighted by Crippen LogP contribution is 2.48. The van der Waals surface area contributed by atoms with E-state index in [0.29, 0.717) is 94.5 Å². The highest BCUT2D eigenvalue weighted by atomic mass is 19.4. The molecule has 780 valence electrons. The van der Waals surface area contributed by atoms with Crippen LogP contribution in [0.2, 0.25) is 0 Å². The Balaban J connectivity index is 0.000000163. The first-order valence-electron chi connectivity index (χ1n) is 48.6. The van der Waals surface area contributed by atoms with Crippen LogP contribution in [0.1, 0.15) is 241 Å². The molecule has 0 bridgehead atoms. The molecule has 4 fully saturated rings. The molecule has 4 nitrogen and oxygen atoms in total. The molecule has 146 heavy (non-hydrogen) atoms. The number of benzene rings is 12. The first kappa shape index (κ1) is 111. The molecule has 0 amide bonds. The van der Waals surface area contributed by atoms with Crippen molar-refractivity contribution in [3.63, 3.8) is 0 Å². The van der Waals surface area contributed by atoms with E-state index in [9.17, 15) is 123 Å². The van der Waals surface area contributed by atoms with Gasteiger partial charge in [-0.1, -0.05) is 189 Å². The normalized spacial score (nSPS) is 18.2. The van der Waals surface area contributed by atoms with Crippen LogP contribution in [-0.2, 0) is 0 Å². The second-order valence-electron chi connectivity index (χ2n) is 37.7. The van der Waals surface area contributed by atoms with Gasteiger partial charge in [0.15, 0.2) is 46.5 Å². The zero-order valence-electron chi connectivity index (χ0n) is 79.7. The second kappa shape index (κ2) is 48.7. The van der Waals surface area contributed by atoms with Crippen LogP contribution < -0.4 is 18.9 Å². The van der Waals surface area contributed by atoms with E-state index >= 15 is 0 Å². The van der Waals surface area contributed by atoms with Crippen molar-refractivity contribution in [2.24, 2.45) is 23.7 Å². The number of ether oxygens (including phenoxy) is 4. The van der Waals surface area contributed by atoms with Crippen LogP contribution in [-0.4, -0.2) is 25.4 Å². The fraction of sp³-hybridized carbons (Fsp3) is 0.368. The summed E-state index contributed by atoms with van der Waals surface area (Å²) in [5.41, 5.74) is 2.52. The fourth-order valence-corrected chi connectivity index (χ4v) is 20.4. The number of rotatable bonds is 26. The lowest BCUT2D eigenvalue weighted by Gasteiger charge is -2.29. The summed E-state index contributed by atoms with van der Waals surface area (Å²) < 4.78 is 394. The van der Waals surface area contributed by atoms with E-state index in [1.807, 2.05) is 48.5 Å². The molecule has 0 atom stereocenters. The van der Waals surface area contributed by atoms with Crippen molar-refractivity contribution in [2.45, 2.75) is 244 Å². The molecule has 0 N–H and O–H groups in total. The van der Waals surface area contributed by atoms with Gasteiger partial charge in [-0.15, -0.1) is 52.7 Å². The molecule has 4 aliphatic rings. The van der Waals surface area contributed by atoms with E-state index < -0.39 is 186 Å². The van der Waals surface area contributed by atoms with Crippen molar-refractivity contribution < 1.29 is 142 Å². The summed E-state index contributed by atoms with van der Waals surface area (Å²) in [5.74, 6) is -24.5. The Bertz CT molecular complexity index is 6240. The van der Waals surface area contributed by atoms with Crippen LogP contribution in [0.15, 0.2) is 194 Å². The Morgan fingerprint density at radius 2 is 0.370 bits per heavy atom. The molecule has 12 aromatic rings. The van der Waals surface area contributed by atoms with Crippen molar-refractivity contribution in [1.82, 2.24) is 0 Å². The van der Waals surface area contributed by atoms with Gasteiger partial charge in [-0.05, 0) is 336 Å². The third kappa shape index (κ3) is 29.3. The minimum absolute atomic E-state index is 0.225. The summed E-state index contributed by atoms with van der Waals surface area (Å²) in [6.45, 7) is 8.81. The van der Waals surface area contributed by atoms with Crippen molar-refractivity contribution in [3.05, 3.63) is 309 Å². The SMILES string of the molecule is CCC1CCC(c2ccc(-c3cc(F)c(-c4cc(F)c(OC(F)(F)F)c(F)c4)c(F)c3)cc2)CC1.CCCC1CCC(c2ccc(-c3cc(F)c(-c4cc(F)c(OC(F)(F)F)c(F)c4)c(F)c3)cc2)CC1.CCCCC1CCC(c2ccc(-c3cc(F)c(-c4cc(F)c(OC(F)(F)F)c(F)c4)c(F)c3)cc2)CC1.CCCCCC1CCC(c2ccc(-c3cc(F)c(-c4cc(F)c(OC(F)(F)F)c(F)c4)c(F)c3)cc2)CC1. The van der Waals surface area contributed by atoms with Gasteiger partial charge in [0, 0.05) is 0 Å². The molecule has 0 heterocycles. The maximum absolute atomic E-state index is 14.9. The van der Waals surface area contributed by atoms with Crippen molar-refractivity contribution >= 4 is 0 Å². The van der Waals surface area contributed by atoms with Gasteiger partial charge >= 0.3 is 25.4 Å². The Kier molecular flexibility index (Phi) is 37.0. The predicted molar refractivity (Wildman–Crippen MR) is 503 cm³/mol. The Morgan fingerprint density at radius 1 is 0.192 bits per heavy atom. The lowest BCUT2D eigenvalue weighted by atomic mass is 9.77. The molecule has 16 rings (SSSR count). The van der Waals surface area contributed by atoms with E-state index in [2.05, 4.69) is 46.6 Å². The van der Waals surface area contributed by atoms with E-state index in [1.54, 1.807) is 48.5 Å². The Hall–Kier alpha value is -12.1. The van der Waals surface area contributed by atoms with E-state index in [-0.39, 0.29) is 22.3 Å². The standard InChI is InChI=1S/C30H29F7O.C29H27F7O.C28H25F7O.C27H23F7O/c1-2-3-4-5-18-6-8-19(9-7-18)20-10-12-21(13-11-20)22-14-24(31)28(25(32)15-22)23-16-26(33)29(27(34)17-23)38-30(35,36)37;1-2-3-4-17-5-7-18(8-6-17)19-9-11-20(12-10-19)21-13-23(30)27(24(31)14-21)22-15-25(32)28(26(33)16-22)37-29(34,35)36;1-2-3-16-4-6-17(7-5-16)18-8-10-19(11-9-18)20-12-22(29)26(23(30)13-20)21-14-24(31)27(25(32)15-21)36-28(33,34)35;1-2-15-3-5-16(6-4-15)17-7-9-18(10-8-17)19-11-21(28)25(22(29)12-19)20-13-23(30)26(24(31)14-20)35-27(32,33)34/h10-19H,2-9H2,1H3;9-18H,2-8H2,1H3;8-17H,2-7H2,1H3;7-16H,2-6H2,1H3. The van der Waals surface area contributed by atoms with Crippen LogP contribution >= 0.6 is 0 Å². The topological polar surface area (TPSA) is 36.9 Å². The quantitative estimate of drug-likeness (QED) is 0.0400. The van der Waals surface area contributed by atoms with Gasteiger partial charge in [0.25, 0.3) is 0 Å². The molecule has 0 aromatic heterocycles. The summed E-state index contributed by atoms with van der Waals surface area (Å²) >= 11 is 0. The summed E-state index contributed by atoms with van der Waals surface area (Å²) in [4.78, 5) is 0. The summed E-state index contributed by atoms with van der Waals surface area (Å²) in [6.07, 6.45) is 9.64. The maximum atomic E-state index is 14.9. The summed E-state index contributed by atoms with van der Waals surface area (Å²) in [5, 5.41) is 0. The van der Waals surface area contributed by atoms with Gasteiger partial charge in [-0.3, -0.25) is 0 Å². The molecular formula is C114H104F28O4. The molecule has 12 aromatic carbocycles. The van der Waals surface area contributed by atoms with Gasteiger partial charge < -0.3 is 18.9 Å². The minimum Gasteiger partial charge on any atom is -0.399 e. The van der Waals surface area contributed by atoms with Crippen LogP contribution in [0.3, 0.4) is 0 Å². The smallest absolute Gasteiger partial charge is 0.399 e. The number of hydrogen-bond acceptors (Lipinski definition) is 4. The van der Waals surface area contributed by atoms with Gasteiger partial charge in [-0.25, -0.2) is 70.2 Å². The van der Waals surface area contributed by atoms with Crippen LogP contribution in [0.4, 0.5) is 123 Å². The van der Waals surface area contributed by atoms with Crippen molar-refractivity contribution in [3.8, 4) is 112 Å². The van der Waals surface area contributed by atoms with Gasteiger partial charge in [-0.2, -0.15) is 0 Å². The Labute approximate surface area is 826 Å². The number of unbranched alkanes of at least 4 members (excludes halogenated alkanes) is 3. The monoisotopic (exact) mass is 2070 g/mol. The zero-order chi connectivity index (χ0) is 106. The molecule has 0 saturated heterocycles. The second-order valence-corrected chi connectivity index (χ2v) is 37.7. The first-order chi connectivity index (χ1) is 69.2. The molecule has 0 spiro atoms. The third-order valence-electron chi connectivity index (χ3n) is 27.9. The number of hydrogen-bond donors (Lipinski definition) is 0. The zero-order valence-corrected chi connectivity index (χ0v) is 79.7. The Morgan fingerprint density at radius 3 is 0.548 bits per heavy atom. The van der Waals surface area contributed by atoms with E-state index in [0.717, 1.165) is 124 Å². The fourth-order valence-electron chi connectivity index (χ4n) is 20.4. The third-order valence-corrected chi connectivity index (χ3v) is 27.9. The minimum atomic E-state index is -5.33. The molecule has 4 saturated carbocycles. The highest BCUT2D eigenvalue weighted by molar-refractivity contribution is 5.77.